The predicted octanol–water partition coefficient (Wildman–Crippen LogP) is 0.502. The van der Waals surface area contributed by atoms with Crippen molar-refractivity contribution in [2.24, 2.45) is 0 Å². The number of nitrogens with one attached hydrogen (secondary N) is 1. The minimum absolute atomic E-state index is 1.27. The summed E-state index contributed by atoms with van der Waals surface area (Å²) < 4.78 is 0. The van der Waals surface area contributed by atoms with Crippen molar-refractivity contribution in [1.29, 1.82) is 0 Å². The second-order valence-electron chi connectivity index (χ2n) is 1.76. The van der Waals surface area contributed by atoms with Crippen LogP contribution in [0.3, 0.4) is 0 Å². The lowest BCUT2D eigenvalue weighted by Gasteiger charge is -2.04. The molecule has 1 aliphatic rings. The third-order valence-corrected chi connectivity index (χ3v) is 0.893. The third-order valence-electron chi connectivity index (χ3n) is 0.893. The maximum Gasteiger partial charge on any atom is 0.0696 e. The zero-order chi connectivity index (χ0) is 5.28. The van der Waals surface area contributed by atoms with Gasteiger partial charge in [-0.2, -0.15) is 0 Å². The fourth-order valence-electron chi connectivity index (χ4n) is 0.584. The number of hydrogen-bond donors (Lipinski definition) is 1. The van der Waals surface area contributed by atoms with Gasteiger partial charge in [-0.3, -0.25) is 0 Å². The van der Waals surface area contributed by atoms with E-state index >= 15 is 0 Å². The molecule has 2 heteroatoms. The van der Waals surface area contributed by atoms with Crippen molar-refractivity contribution in [1.82, 2.24) is 10.4 Å². The van der Waals surface area contributed by atoms with Crippen molar-refractivity contribution in [3.63, 3.8) is 0 Å². The van der Waals surface area contributed by atoms with Crippen LogP contribution in [0.5, 0.6) is 0 Å². The first kappa shape index (κ1) is 4.65. The molecule has 0 spiro atoms. The van der Waals surface area contributed by atoms with E-state index in [1.807, 2.05) is 24.8 Å². The topological polar surface area (TPSA) is 15.3 Å². The average Bonchev–Trinajstić information content (AvgIpc) is 1.87. The standard InChI is InChI=1S/C5H9N2/c1-5-3-6-7(2)4-5/h3-4,6H,1-2H3. The maximum absolute atomic E-state index is 2.98. The minimum atomic E-state index is 1.27. The van der Waals surface area contributed by atoms with Crippen LogP contribution in [-0.2, 0) is 0 Å². The highest BCUT2D eigenvalue weighted by molar-refractivity contribution is 5.11. The van der Waals surface area contributed by atoms with Gasteiger partial charge in [0.05, 0.1) is 6.54 Å². The molecule has 1 rings (SSSR count). The van der Waals surface area contributed by atoms with Gasteiger partial charge in [0.1, 0.15) is 0 Å². The highest BCUT2D eigenvalue weighted by Crippen LogP contribution is 2.02. The third kappa shape index (κ3) is 0.933. The highest BCUT2D eigenvalue weighted by atomic mass is 15.5. The number of nitrogens with zero attached hydrogens (tertiary/aromatic N) is 1. The van der Waals surface area contributed by atoms with E-state index in [9.17, 15) is 0 Å². The van der Waals surface area contributed by atoms with Crippen LogP contribution >= 0.6 is 0 Å². The normalized spacial score (nSPS) is 20.3. The van der Waals surface area contributed by atoms with Crippen LogP contribution in [0.2, 0.25) is 0 Å². The molecule has 1 N–H and O–H groups in total. The lowest BCUT2D eigenvalue weighted by Crippen LogP contribution is -2.20. The number of hydrazine groups is 1. The van der Waals surface area contributed by atoms with Crippen LogP contribution < -0.4 is 5.43 Å². The molecule has 0 bridgehead atoms. The molecule has 0 amide bonds. The van der Waals surface area contributed by atoms with Crippen LogP contribution in [0, 0.1) is 6.54 Å². The zero-order valence-electron chi connectivity index (χ0n) is 4.60. The van der Waals surface area contributed by atoms with Crippen molar-refractivity contribution in [3.05, 3.63) is 18.3 Å². The first-order chi connectivity index (χ1) is 3.29. The summed E-state index contributed by atoms with van der Waals surface area (Å²) in [5.74, 6) is 0. The molecule has 1 radical (unpaired) electrons. The summed E-state index contributed by atoms with van der Waals surface area (Å²) in [4.78, 5) is 0. The summed E-state index contributed by atoms with van der Waals surface area (Å²) >= 11 is 0. The molecule has 7 heavy (non-hydrogen) atoms. The van der Waals surface area contributed by atoms with Gasteiger partial charge in [-0.25, -0.2) is 5.43 Å². The van der Waals surface area contributed by atoms with Gasteiger partial charge in [0.25, 0.3) is 0 Å². The van der Waals surface area contributed by atoms with Gasteiger partial charge in [0.2, 0.25) is 0 Å². The van der Waals surface area contributed by atoms with Crippen LogP contribution in [-0.4, -0.2) is 12.1 Å². The highest BCUT2D eigenvalue weighted by Gasteiger charge is 2.00. The molecule has 0 atom stereocenters. The Morgan fingerprint density at radius 1 is 1.71 bits per heavy atom. The Kier molecular flexibility index (Phi) is 1.02. The smallest absolute Gasteiger partial charge is 0.0696 e. The SMILES string of the molecule is CC1=CN(C)N[CH]1. The van der Waals surface area contributed by atoms with E-state index in [0.717, 1.165) is 0 Å². The van der Waals surface area contributed by atoms with E-state index in [1.165, 1.54) is 5.57 Å². The van der Waals surface area contributed by atoms with E-state index < -0.39 is 0 Å². The van der Waals surface area contributed by atoms with Gasteiger partial charge >= 0.3 is 0 Å². The van der Waals surface area contributed by atoms with E-state index in [4.69, 9.17) is 0 Å². The second kappa shape index (κ2) is 1.54. The van der Waals surface area contributed by atoms with Gasteiger partial charge in [-0.15, -0.1) is 0 Å². The summed E-state index contributed by atoms with van der Waals surface area (Å²) in [6.45, 7) is 4.01. The van der Waals surface area contributed by atoms with Crippen molar-refractivity contribution in [2.45, 2.75) is 6.92 Å². The Morgan fingerprint density at radius 3 is 2.57 bits per heavy atom. The number of rotatable bonds is 0. The molecule has 0 saturated carbocycles. The molecule has 0 aromatic rings. The Labute approximate surface area is 43.8 Å². The summed E-state index contributed by atoms with van der Waals surface area (Å²) in [5, 5.41) is 1.91. The maximum atomic E-state index is 2.98. The molecular weight excluding hydrogens is 88.1 g/mol. The van der Waals surface area contributed by atoms with Crippen molar-refractivity contribution >= 4 is 0 Å². The summed E-state index contributed by atoms with van der Waals surface area (Å²) in [7, 11) is 1.97. The van der Waals surface area contributed by atoms with E-state index in [0.29, 0.717) is 0 Å². The Morgan fingerprint density at radius 2 is 2.43 bits per heavy atom. The van der Waals surface area contributed by atoms with E-state index in [1.54, 1.807) is 0 Å². The molecule has 0 fully saturated rings. The van der Waals surface area contributed by atoms with Gasteiger partial charge in [-0.1, -0.05) is 0 Å². The Bertz CT molecular complexity index is 96.3. The minimum Gasteiger partial charge on any atom is -0.318 e. The molecule has 1 heterocycles. The van der Waals surface area contributed by atoms with Gasteiger partial charge < -0.3 is 5.01 Å². The van der Waals surface area contributed by atoms with Crippen LogP contribution in [0.25, 0.3) is 0 Å². The Balaban J connectivity index is 2.50. The largest absolute Gasteiger partial charge is 0.318 e. The summed E-state index contributed by atoms with van der Waals surface area (Å²) in [6.07, 6.45) is 2.03. The molecule has 0 saturated heterocycles. The van der Waals surface area contributed by atoms with Crippen molar-refractivity contribution < 1.29 is 0 Å². The van der Waals surface area contributed by atoms with Crippen molar-refractivity contribution in [2.75, 3.05) is 7.05 Å². The van der Waals surface area contributed by atoms with E-state index in [-0.39, 0.29) is 0 Å². The monoisotopic (exact) mass is 97.1 g/mol. The molecule has 1 aliphatic heterocycles. The lowest BCUT2D eigenvalue weighted by molar-refractivity contribution is 0.395. The summed E-state index contributed by atoms with van der Waals surface area (Å²) in [6, 6.07) is 0. The van der Waals surface area contributed by atoms with Gasteiger partial charge in [0.15, 0.2) is 0 Å². The van der Waals surface area contributed by atoms with Gasteiger partial charge in [0, 0.05) is 13.2 Å². The zero-order valence-corrected chi connectivity index (χ0v) is 4.60. The van der Waals surface area contributed by atoms with Crippen LogP contribution in [0.1, 0.15) is 6.92 Å². The first-order valence-electron chi connectivity index (χ1n) is 2.30. The molecular formula is C5H9N2. The first-order valence-corrected chi connectivity index (χ1v) is 2.30. The summed E-state index contributed by atoms with van der Waals surface area (Å²) in [5.41, 5.74) is 4.25. The lowest BCUT2D eigenvalue weighted by atomic mass is 10.4. The molecule has 0 unspecified atom stereocenters. The average molecular weight is 97.1 g/mol. The van der Waals surface area contributed by atoms with Crippen LogP contribution in [0.4, 0.5) is 0 Å². The molecule has 0 aromatic heterocycles. The van der Waals surface area contributed by atoms with Crippen LogP contribution in [0.15, 0.2) is 11.8 Å². The fourth-order valence-corrected chi connectivity index (χ4v) is 0.584. The molecule has 2 nitrogen and oxygen atoms in total. The fraction of sp³-hybridized carbons (Fsp3) is 0.400. The van der Waals surface area contributed by atoms with E-state index in [2.05, 4.69) is 12.3 Å². The van der Waals surface area contributed by atoms with Gasteiger partial charge in [-0.05, 0) is 12.5 Å². The predicted molar refractivity (Wildman–Crippen MR) is 29.0 cm³/mol. The quantitative estimate of drug-likeness (QED) is 0.473. The second-order valence-corrected chi connectivity index (χ2v) is 1.76. The molecule has 0 aromatic carbocycles. The molecule has 0 aliphatic carbocycles. The Hall–Kier alpha value is -0.500. The molecule has 39 valence electrons. The number of hydrogen-bond acceptors (Lipinski definition) is 2. The van der Waals surface area contributed by atoms with Crippen molar-refractivity contribution in [3.8, 4) is 0 Å².